The van der Waals surface area contributed by atoms with Crippen LogP contribution in [0.5, 0.6) is 0 Å². The van der Waals surface area contributed by atoms with Gasteiger partial charge in [0.2, 0.25) is 10.0 Å². The Kier molecular flexibility index (Phi) is 5.59. The molecule has 0 saturated carbocycles. The van der Waals surface area contributed by atoms with Crippen molar-refractivity contribution in [1.82, 2.24) is 14.9 Å². The molecule has 128 valence electrons. The smallest absolute Gasteiger partial charge is 0.317 e. The highest BCUT2D eigenvalue weighted by Gasteiger charge is 2.29. The lowest BCUT2D eigenvalue weighted by Crippen LogP contribution is -2.47. The van der Waals surface area contributed by atoms with E-state index >= 15 is 0 Å². The predicted molar refractivity (Wildman–Crippen MR) is 86.1 cm³/mol. The maximum absolute atomic E-state index is 13.3. The Morgan fingerprint density at radius 2 is 2.13 bits per heavy atom. The molecule has 0 aliphatic carbocycles. The van der Waals surface area contributed by atoms with Crippen LogP contribution in [-0.2, 0) is 16.4 Å². The molecule has 1 aliphatic heterocycles. The van der Waals surface area contributed by atoms with Crippen molar-refractivity contribution in [1.29, 1.82) is 0 Å². The lowest BCUT2D eigenvalue weighted by Gasteiger charge is -2.27. The number of sulfonamides is 1. The summed E-state index contributed by atoms with van der Waals surface area (Å²) in [6.07, 6.45) is 0.381. The number of rotatable bonds is 7. The van der Waals surface area contributed by atoms with Crippen LogP contribution in [0.25, 0.3) is 0 Å². The van der Waals surface area contributed by atoms with Gasteiger partial charge < -0.3 is 10.2 Å². The van der Waals surface area contributed by atoms with Gasteiger partial charge >= 0.3 is 6.03 Å². The summed E-state index contributed by atoms with van der Waals surface area (Å²) in [6, 6.07) is 5.52. The molecular formula is C15H22FN3O3S. The quantitative estimate of drug-likeness (QED) is 0.778. The number of nitrogens with zero attached hydrogens (tertiary/aromatic N) is 1. The molecule has 1 aromatic rings. The zero-order valence-corrected chi connectivity index (χ0v) is 14.1. The molecule has 0 bridgehead atoms. The molecule has 1 heterocycles. The first-order valence-corrected chi connectivity index (χ1v) is 9.11. The zero-order chi connectivity index (χ0) is 17.0. The minimum absolute atomic E-state index is 0.102. The zero-order valence-electron chi connectivity index (χ0n) is 13.3. The fourth-order valence-electron chi connectivity index (χ4n) is 2.44. The molecule has 1 atom stereocenters. The van der Waals surface area contributed by atoms with Gasteiger partial charge in [0.25, 0.3) is 0 Å². The second-order valence-electron chi connectivity index (χ2n) is 5.86. The number of halogens is 1. The third-order valence-electron chi connectivity index (χ3n) is 3.83. The second-order valence-corrected chi connectivity index (χ2v) is 8.18. The summed E-state index contributed by atoms with van der Waals surface area (Å²) in [5.74, 6) is -0.352. The summed E-state index contributed by atoms with van der Waals surface area (Å²) in [5.41, 5.74) is 0.721. The molecule has 8 heteroatoms. The average molecular weight is 343 g/mol. The van der Waals surface area contributed by atoms with Crippen LogP contribution in [0.1, 0.15) is 19.4 Å². The highest BCUT2D eigenvalue weighted by atomic mass is 32.2. The number of benzene rings is 1. The Morgan fingerprint density at radius 1 is 1.39 bits per heavy atom. The highest BCUT2D eigenvalue weighted by molar-refractivity contribution is 7.90. The molecule has 1 saturated heterocycles. The molecule has 0 aromatic heterocycles. The fourth-order valence-corrected chi connectivity index (χ4v) is 3.20. The van der Waals surface area contributed by atoms with Crippen molar-refractivity contribution in [2.75, 3.05) is 19.6 Å². The van der Waals surface area contributed by atoms with Gasteiger partial charge in [-0.15, -0.1) is 0 Å². The monoisotopic (exact) mass is 343 g/mol. The summed E-state index contributed by atoms with van der Waals surface area (Å²) in [6.45, 7) is 4.31. The first-order chi connectivity index (χ1) is 10.8. The summed E-state index contributed by atoms with van der Waals surface area (Å²) in [4.78, 5) is 13.5. The van der Waals surface area contributed by atoms with Gasteiger partial charge in [0.15, 0.2) is 0 Å². The van der Waals surface area contributed by atoms with Gasteiger partial charge in [-0.3, -0.25) is 0 Å². The van der Waals surface area contributed by atoms with Crippen molar-refractivity contribution >= 4 is 16.1 Å². The van der Waals surface area contributed by atoms with Crippen LogP contribution in [0.2, 0.25) is 0 Å². The minimum atomic E-state index is -3.42. The van der Waals surface area contributed by atoms with E-state index in [2.05, 4.69) is 10.0 Å². The molecule has 0 radical (unpaired) electrons. The van der Waals surface area contributed by atoms with E-state index < -0.39 is 15.3 Å². The van der Waals surface area contributed by atoms with Gasteiger partial charge in [-0.2, -0.15) is 0 Å². The fraction of sp³-hybridized carbons (Fsp3) is 0.533. The maximum Gasteiger partial charge on any atom is 0.317 e. The van der Waals surface area contributed by atoms with E-state index in [0.29, 0.717) is 19.5 Å². The van der Waals surface area contributed by atoms with E-state index in [0.717, 1.165) is 5.56 Å². The maximum atomic E-state index is 13.3. The minimum Gasteiger partial charge on any atom is -0.336 e. The van der Waals surface area contributed by atoms with E-state index in [1.807, 2.05) is 0 Å². The first-order valence-electron chi connectivity index (χ1n) is 7.57. The predicted octanol–water partition coefficient (Wildman–Crippen LogP) is 1.09. The normalized spacial score (nSPS) is 16.7. The van der Waals surface area contributed by atoms with Crippen LogP contribution in [0, 0.1) is 5.82 Å². The molecule has 2 rings (SSSR count). The Labute approximate surface area is 136 Å². The molecule has 2 amide bonds. The van der Waals surface area contributed by atoms with Gasteiger partial charge in [0, 0.05) is 19.6 Å². The van der Waals surface area contributed by atoms with Gasteiger partial charge in [0.05, 0.1) is 11.3 Å². The van der Waals surface area contributed by atoms with Crippen LogP contribution >= 0.6 is 0 Å². The Morgan fingerprint density at radius 3 is 2.70 bits per heavy atom. The largest absolute Gasteiger partial charge is 0.336 e. The third kappa shape index (κ3) is 4.65. The van der Waals surface area contributed by atoms with Crippen LogP contribution in [-0.4, -0.2) is 50.3 Å². The van der Waals surface area contributed by atoms with Crippen LogP contribution < -0.4 is 10.0 Å². The molecule has 0 unspecified atom stereocenters. The number of hydrogen-bond acceptors (Lipinski definition) is 3. The van der Waals surface area contributed by atoms with E-state index in [1.54, 1.807) is 30.9 Å². The molecule has 6 nitrogen and oxygen atoms in total. The molecule has 1 fully saturated rings. The van der Waals surface area contributed by atoms with Gasteiger partial charge in [-0.1, -0.05) is 12.1 Å². The van der Waals surface area contributed by atoms with Crippen LogP contribution in [0.3, 0.4) is 0 Å². The number of carbonyl (C=O) groups is 1. The molecular weight excluding hydrogens is 321 g/mol. The number of amides is 2. The summed E-state index contributed by atoms with van der Waals surface area (Å²) in [5, 5.41) is 2.15. The van der Waals surface area contributed by atoms with E-state index in [4.69, 9.17) is 0 Å². The van der Waals surface area contributed by atoms with Crippen molar-refractivity contribution in [3.05, 3.63) is 35.6 Å². The van der Waals surface area contributed by atoms with Crippen LogP contribution in [0.4, 0.5) is 9.18 Å². The lowest BCUT2D eigenvalue weighted by atomic mass is 10.0. The SMILES string of the molecule is CC(C)S(=O)(=O)NC[C@@H](Cc1cccc(F)c1)N1CCNC1=O. The van der Waals surface area contributed by atoms with Crippen LogP contribution in [0.15, 0.2) is 24.3 Å². The highest BCUT2D eigenvalue weighted by Crippen LogP contribution is 2.13. The van der Waals surface area contributed by atoms with E-state index in [9.17, 15) is 17.6 Å². The van der Waals surface area contributed by atoms with Crippen molar-refractivity contribution in [3.63, 3.8) is 0 Å². The van der Waals surface area contributed by atoms with E-state index in [-0.39, 0.29) is 24.4 Å². The number of nitrogens with one attached hydrogen (secondary N) is 2. The van der Waals surface area contributed by atoms with Gasteiger partial charge in [-0.25, -0.2) is 22.3 Å². The lowest BCUT2D eigenvalue weighted by molar-refractivity contribution is 0.197. The molecule has 1 aromatic carbocycles. The average Bonchev–Trinajstić information content (AvgIpc) is 2.89. The Balaban J connectivity index is 2.13. The third-order valence-corrected chi connectivity index (χ3v) is 5.64. The first kappa shape index (κ1) is 17.7. The summed E-state index contributed by atoms with van der Waals surface area (Å²) < 4.78 is 39.8. The summed E-state index contributed by atoms with van der Waals surface area (Å²) >= 11 is 0. The Hall–Kier alpha value is -1.67. The van der Waals surface area contributed by atoms with Crippen molar-refractivity contribution in [2.45, 2.75) is 31.6 Å². The topological polar surface area (TPSA) is 78.5 Å². The van der Waals surface area contributed by atoms with Crippen molar-refractivity contribution < 1.29 is 17.6 Å². The Bertz CT molecular complexity index is 664. The number of hydrogen-bond donors (Lipinski definition) is 2. The van der Waals surface area contributed by atoms with Gasteiger partial charge in [0.1, 0.15) is 5.82 Å². The molecule has 0 spiro atoms. The van der Waals surface area contributed by atoms with Crippen molar-refractivity contribution in [2.24, 2.45) is 0 Å². The number of carbonyl (C=O) groups excluding carboxylic acids is 1. The second kappa shape index (κ2) is 7.27. The number of urea groups is 1. The standard InChI is InChI=1S/C15H22FN3O3S/c1-11(2)23(21,22)18-10-14(19-7-6-17-15(19)20)9-12-4-3-5-13(16)8-12/h3-5,8,11,14,18H,6-7,9-10H2,1-2H3,(H,17,20)/t14-/m1/s1. The van der Waals surface area contributed by atoms with E-state index in [1.165, 1.54) is 12.1 Å². The summed E-state index contributed by atoms with van der Waals surface area (Å²) in [7, 11) is -3.42. The van der Waals surface area contributed by atoms with Crippen molar-refractivity contribution in [3.8, 4) is 0 Å². The van der Waals surface area contributed by atoms with Gasteiger partial charge in [-0.05, 0) is 38.0 Å². The molecule has 23 heavy (non-hydrogen) atoms. The molecule has 2 N–H and O–H groups in total. The molecule has 1 aliphatic rings.